The average molecular weight is 646 g/mol. The Morgan fingerprint density at radius 3 is 2.71 bits per heavy atom. The Morgan fingerprint density at radius 2 is 2.05 bits per heavy atom. The molecule has 1 aromatic carbocycles. The molecule has 2 aliphatic rings. The summed E-state index contributed by atoms with van der Waals surface area (Å²) in [7, 11) is -3.81. The quantitative estimate of drug-likeness (QED) is 0.223. The summed E-state index contributed by atoms with van der Waals surface area (Å²) >= 11 is 7.63. The van der Waals surface area contributed by atoms with Gasteiger partial charge < -0.3 is 13.9 Å². The van der Waals surface area contributed by atoms with Crippen LogP contribution in [0.3, 0.4) is 0 Å². The predicted octanol–water partition coefficient (Wildman–Crippen LogP) is 5.51. The number of amides is 1. The minimum Gasteiger partial charge on any atom is -0.387 e. The summed E-state index contributed by atoms with van der Waals surface area (Å²) < 4.78 is 81.4. The molecule has 0 fully saturated rings. The second kappa shape index (κ2) is 11.9. The van der Waals surface area contributed by atoms with Crippen LogP contribution >= 0.6 is 22.9 Å². The lowest BCUT2D eigenvalue weighted by Crippen LogP contribution is -2.31. The van der Waals surface area contributed by atoms with Gasteiger partial charge in [0.2, 0.25) is 5.91 Å². The maximum atomic E-state index is 13.2. The van der Waals surface area contributed by atoms with Gasteiger partial charge >= 0.3 is 10.1 Å². The number of allylic oxidation sites excluding steroid dienone is 2. The molecule has 0 radical (unpaired) electrons. The van der Waals surface area contributed by atoms with Crippen molar-refractivity contribution < 1.29 is 39.8 Å². The smallest absolute Gasteiger partial charge is 0.306 e. The van der Waals surface area contributed by atoms with Crippen LogP contribution in [0.15, 0.2) is 53.2 Å². The average Bonchev–Trinajstić information content (AvgIpc) is 3.68. The van der Waals surface area contributed by atoms with E-state index in [9.17, 15) is 30.8 Å². The van der Waals surface area contributed by atoms with Crippen molar-refractivity contribution in [1.29, 1.82) is 0 Å². The van der Waals surface area contributed by atoms with Gasteiger partial charge in [-0.3, -0.25) is 9.48 Å². The fraction of sp³-hybridized carbons (Fsp3) is 0.280. The Kier molecular flexibility index (Phi) is 8.39. The van der Waals surface area contributed by atoms with Crippen LogP contribution in [0.5, 0.6) is 5.75 Å². The molecule has 222 valence electrons. The van der Waals surface area contributed by atoms with Crippen molar-refractivity contribution in [2.24, 2.45) is 5.16 Å². The molecule has 0 spiro atoms. The molecule has 1 amide bonds. The molecule has 0 bridgehead atoms. The monoisotopic (exact) mass is 645 g/mol. The molecular weight excluding hydrogens is 626 g/mol. The first-order chi connectivity index (χ1) is 19.9. The van der Waals surface area contributed by atoms with E-state index in [2.05, 4.69) is 15.2 Å². The normalized spacial score (nSPS) is 17.0. The van der Waals surface area contributed by atoms with E-state index in [0.717, 1.165) is 6.26 Å². The van der Waals surface area contributed by atoms with Crippen LogP contribution in [-0.4, -0.2) is 52.5 Å². The predicted molar refractivity (Wildman–Crippen MR) is 145 cm³/mol. The lowest BCUT2D eigenvalue weighted by molar-refractivity contribution is -0.129. The molecule has 5 rings (SSSR count). The summed E-state index contributed by atoms with van der Waals surface area (Å²) in [6, 6.07) is 5.19. The van der Waals surface area contributed by atoms with Crippen LogP contribution in [0.4, 0.5) is 17.6 Å². The van der Waals surface area contributed by atoms with Crippen molar-refractivity contribution >= 4 is 50.2 Å². The molecule has 0 N–H and O–H groups in total. The number of carbonyl (C=O) groups excluding carboxylic acids is 1. The highest BCUT2D eigenvalue weighted by Gasteiger charge is 2.31. The van der Waals surface area contributed by atoms with E-state index < -0.39 is 52.9 Å². The van der Waals surface area contributed by atoms with Gasteiger partial charge in [0, 0.05) is 30.1 Å². The van der Waals surface area contributed by atoms with Gasteiger partial charge in [-0.05, 0) is 24.3 Å². The third-order valence-electron chi connectivity index (χ3n) is 6.12. The SMILES string of the molecule is CS(=O)(=O)Oc1cccc(Cl)c1[C@@H]1CC(c2csc(C3=CCN(C(=O)Cn4nc(C(F)F)cc4C(F)F)C=C3)n2)=NO1. The lowest BCUT2D eigenvalue weighted by atomic mass is 10.0. The molecule has 0 saturated heterocycles. The second-order valence-electron chi connectivity index (χ2n) is 9.09. The molecular formula is C25H20ClF4N5O5S2. The van der Waals surface area contributed by atoms with Crippen molar-refractivity contribution in [2.75, 3.05) is 12.8 Å². The van der Waals surface area contributed by atoms with Crippen molar-refractivity contribution in [2.45, 2.75) is 31.9 Å². The van der Waals surface area contributed by atoms with Crippen LogP contribution in [0.1, 0.15) is 53.0 Å². The maximum Gasteiger partial charge on any atom is 0.306 e. The van der Waals surface area contributed by atoms with Crippen LogP contribution < -0.4 is 4.18 Å². The fourth-order valence-electron chi connectivity index (χ4n) is 4.21. The Labute approximate surface area is 245 Å². The number of alkyl halides is 4. The maximum absolute atomic E-state index is 13.2. The lowest BCUT2D eigenvalue weighted by Gasteiger charge is -2.20. The molecule has 0 aliphatic carbocycles. The summed E-state index contributed by atoms with van der Waals surface area (Å²) in [6.07, 6.45) is -0.895. The number of hydrogen-bond donors (Lipinski definition) is 0. The first kappa shape index (κ1) is 29.7. The molecule has 1 atom stereocenters. The topological polar surface area (TPSA) is 116 Å². The summed E-state index contributed by atoms with van der Waals surface area (Å²) in [4.78, 5) is 24.1. The molecule has 2 aromatic heterocycles. The number of nitrogens with zero attached hydrogens (tertiary/aromatic N) is 5. The number of aromatic nitrogens is 3. The minimum atomic E-state index is -3.81. The number of rotatable bonds is 9. The molecule has 10 nitrogen and oxygen atoms in total. The highest BCUT2D eigenvalue weighted by Crippen LogP contribution is 2.40. The standard InChI is InChI=1S/C25H20ClF4N5O5S2/c1-42(37,38)40-19-4-2-3-14(26)22(19)20-10-15(33-39-20)17-12-41-25(31-17)13-5-7-34(8-6-13)21(36)11-35-18(24(29)30)9-16(32-35)23(27)28/h2-7,9,12,20,23-24H,8,10-11H2,1H3/t20-/m0/s1. The van der Waals surface area contributed by atoms with Crippen LogP contribution in [0.2, 0.25) is 5.02 Å². The molecule has 3 aromatic rings. The van der Waals surface area contributed by atoms with E-state index in [0.29, 0.717) is 38.3 Å². The first-order valence-electron chi connectivity index (χ1n) is 12.1. The number of halogens is 5. The number of oxime groups is 1. The summed E-state index contributed by atoms with van der Waals surface area (Å²) in [6.45, 7) is -0.543. The zero-order valence-corrected chi connectivity index (χ0v) is 23.8. The fourth-order valence-corrected chi connectivity index (χ4v) is 5.82. The summed E-state index contributed by atoms with van der Waals surface area (Å²) in [5.41, 5.74) is 0.461. The van der Waals surface area contributed by atoms with Gasteiger partial charge in [-0.1, -0.05) is 28.9 Å². The van der Waals surface area contributed by atoms with E-state index in [4.69, 9.17) is 20.6 Å². The van der Waals surface area contributed by atoms with E-state index in [1.54, 1.807) is 29.7 Å². The molecule has 17 heteroatoms. The summed E-state index contributed by atoms with van der Waals surface area (Å²) in [5.74, 6) is -0.580. The Balaban J connectivity index is 1.24. The van der Waals surface area contributed by atoms with Crippen molar-refractivity contribution in [3.8, 4) is 5.75 Å². The van der Waals surface area contributed by atoms with Crippen LogP contribution in [-0.2, 0) is 26.3 Å². The van der Waals surface area contributed by atoms with Crippen LogP contribution in [0.25, 0.3) is 5.57 Å². The zero-order valence-electron chi connectivity index (χ0n) is 21.5. The number of benzene rings is 1. The Bertz CT molecular complexity index is 1720. The number of hydrogen-bond acceptors (Lipinski definition) is 9. The molecule has 4 heterocycles. The number of thiazole rings is 1. The van der Waals surface area contributed by atoms with Gasteiger partial charge in [0.1, 0.15) is 28.7 Å². The van der Waals surface area contributed by atoms with Crippen molar-refractivity contribution in [3.05, 3.63) is 80.7 Å². The van der Waals surface area contributed by atoms with Crippen molar-refractivity contribution in [1.82, 2.24) is 19.7 Å². The van der Waals surface area contributed by atoms with Gasteiger partial charge in [0.15, 0.2) is 11.9 Å². The van der Waals surface area contributed by atoms with E-state index in [1.807, 2.05) is 0 Å². The van der Waals surface area contributed by atoms with Gasteiger partial charge in [-0.15, -0.1) is 11.3 Å². The summed E-state index contributed by atoms with van der Waals surface area (Å²) in [5, 5.41) is 10.2. The van der Waals surface area contributed by atoms with Crippen LogP contribution in [0, 0.1) is 0 Å². The third kappa shape index (κ3) is 6.50. The van der Waals surface area contributed by atoms with Gasteiger partial charge in [-0.2, -0.15) is 13.5 Å². The largest absolute Gasteiger partial charge is 0.387 e. The second-order valence-corrected chi connectivity index (χ2v) is 11.9. The highest BCUT2D eigenvalue weighted by molar-refractivity contribution is 7.86. The third-order valence-corrected chi connectivity index (χ3v) is 7.82. The molecule has 0 unspecified atom stereocenters. The first-order valence-corrected chi connectivity index (χ1v) is 15.2. The molecule has 2 aliphatic heterocycles. The van der Waals surface area contributed by atoms with E-state index in [1.165, 1.54) is 28.5 Å². The van der Waals surface area contributed by atoms with E-state index >= 15 is 0 Å². The minimum absolute atomic E-state index is 0.0365. The number of carbonyl (C=O) groups is 1. The van der Waals surface area contributed by atoms with Gasteiger partial charge in [0.25, 0.3) is 12.9 Å². The van der Waals surface area contributed by atoms with Gasteiger partial charge in [-0.25, -0.2) is 22.5 Å². The highest BCUT2D eigenvalue weighted by atomic mass is 35.5. The van der Waals surface area contributed by atoms with Gasteiger partial charge in [0.05, 0.1) is 22.5 Å². The molecule has 0 saturated carbocycles. The Hall–Kier alpha value is -3.76. The molecule has 42 heavy (non-hydrogen) atoms. The zero-order chi connectivity index (χ0) is 30.2. The van der Waals surface area contributed by atoms with Crippen molar-refractivity contribution in [3.63, 3.8) is 0 Å². The van der Waals surface area contributed by atoms with E-state index in [-0.39, 0.29) is 23.7 Å². The Morgan fingerprint density at radius 1 is 1.26 bits per heavy atom.